The third-order valence-electron chi connectivity index (χ3n) is 3.01. The van der Waals surface area contributed by atoms with Crippen LogP contribution in [0.4, 0.5) is 0 Å². The van der Waals surface area contributed by atoms with Crippen LogP contribution in [0.15, 0.2) is 12.1 Å². The van der Waals surface area contributed by atoms with Crippen LogP contribution >= 0.6 is 23.2 Å². The summed E-state index contributed by atoms with van der Waals surface area (Å²) in [5.41, 5.74) is 1.87. The maximum absolute atomic E-state index is 11.5. The second-order valence-electron chi connectivity index (χ2n) is 4.28. The molecule has 0 saturated carbocycles. The van der Waals surface area contributed by atoms with E-state index in [1.165, 1.54) is 0 Å². The van der Waals surface area contributed by atoms with Gasteiger partial charge in [0.1, 0.15) is 12.4 Å². The first-order valence-corrected chi connectivity index (χ1v) is 6.72. The van der Waals surface area contributed by atoms with Crippen molar-refractivity contribution in [1.29, 1.82) is 5.41 Å². The minimum Gasteiger partial charge on any atom is -0.465 e. The molecular weight excluding hydrogens is 287 g/mol. The molecule has 2 rings (SSSR count). The number of hydrogen-bond acceptors (Lipinski definition) is 3. The lowest BCUT2D eigenvalue weighted by molar-refractivity contribution is -0.143. The lowest BCUT2D eigenvalue weighted by Crippen LogP contribution is -2.39. The van der Waals surface area contributed by atoms with E-state index in [9.17, 15) is 4.79 Å². The van der Waals surface area contributed by atoms with Gasteiger partial charge in [-0.25, -0.2) is 0 Å². The van der Waals surface area contributed by atoms with E-state index in [1.54, 1.807) is 17.9 Å². The van der Waals surface area contributed by atoms with Crippen molar-refractivity contribution < 1.29 is 9.53 Å². The maximum atomic E-state index is 11.5. The number of nitrogens with zero attached hydrogens (tertiary/aromatic N) is 1. The van der Waals surface area contributed by atoms with Gasteiger partial charge >= 0.3 is 5.97 Å². The van der Waals surface area contributed by atoms with Crippen LogP contribution in [0.5, 0.6) is 0 Å². The number of carbonyl (C=O) groups is 1. The Balaban J connectivity index is 2.20. The molecule has 0 fully saturated rings. The number of halogens is 2. The fraction of sp³-hybridized carbons (Fsp3) is 0.385. The quantitative estimate of drug-likeness (QED) is 0.873. The summed E-state index contributed by atoms with van der Waals surface area (Å²) in [7, 11) is 0. The Bertz CT molecular complexity index is 532. The van der Waals surface area contributed by atoms with E-state index in [4.69, 9.17) is 33.3 Å². The van der Waals surface area contributed by atoms with Gasteiger partial charge in [0.15, 0.2) is 0 Å². The molecule has 1 aromatic carbocycles. The molecule has 4 nitrogen and oxygen atoms in total. The van der Waals surface area contributed by atoms with E-state index < -0.39 is 0 Å². The van der Waals surface area contributed by atoms with E-state index in [2.05, 4.69) is 0 Å². The largest absolute Gasteiger partial charge is 0.465 e. The van der Waals surface area contributed by atoms with Gasteiger partial charge in [0.2, 0.25) is 0 Å². The molecule has 19 heavy (non-hydrogen) atoms. The number of rotatable bonds is 3. The molecule has 102 valence electrons. The summed E-state index contributed by atoms with van der Waals surface area (Å²) in [6.45, 7) is 2.57. The van der Waals surface area contributed by atoms with Crippen LogP contribution in [-0.4, -0.2) is 29.9 Å². The Morgan fingerprint density at radius 2 is 2.21 bits per heavy atom. The smallest absolute Gasteiger partial charge is 0.325 e. The molecule has 1 N–H and O–H groups in total. The second kappa shape index (κ2) is 5.80. The number of hydrogen-bond donors (Lipinski definition) is 1. The van der Waals surface area contributed by atoms with Gasteiger partial charge in [-0.05, 0) is 24.1 Å². The predicted octanol–water partition coefficient (Wildman–Crippen LogP) is 2.89. The van der Waals surface area contributed by atoms with Crippen molar-refractivity contribution in [2.75, 3.05) is 13.2 Å². The number of amidine groups is 1. The fourth-order valence-electron chi connectivity index (χ4n) is 2.06. The van der Waals surface area contributed by atoms with E-state index in [-0.39, 0.29) is 12.5 Å². The van der Waals surface area contributed by atoms with Gasteiger partial charge in [-0.2, -0.15) is 0 Å². The molecule has 0 aromatic heterocycles. The topological polar surface area (TPSA) is 53.4 Å². The Morgan fingerprint density at radius 3 is 2.89 bits per heavy atom. The van der Waals surface area contributed by atoms with E-state index in [0.29, 0.717) is 35.5 Å². The first-order chi connectivity index (χ1) is 9.02. The third-order valence-corrected chi connectivity index (χ3v) is 3.85. The summed E-state index contributed by atoms with van der Waals surface area (Å²) in [6, 6.07) is 3.61. The number of fused-ring (bicyclic) bond motifs is 1. The summed E-state index contributed by atoms with van der Waals surface area (Å²) >= 11 is 12.2. The Kier molecular flexibility index (Phi) is 4.32. The van der Waals surface area contributed by atoms with Gasteiger partial charge in [0.25, 0.3) is 0 Å². The molecule has 0 aliphatic carbocycles. The van der Waals surface area contributed by atoms with Gasteiger partial charge in [-0.15, -0.1) is 0 Å². The molecule has 1 aliphatic heterocycles. The van der Waals surface area contributed by atoms with Crippen molar-refractivity contribution in [3.8, 4) is 0 Å². The van der Waals surface area contributed by atoms with Crippen LogP contribution in [0.3, 0.4) is 0 Å². The highest BCUT2D eigenvalue weighted by Gasteiger charge is 2.25. The highest BCUT2D eigenvalue weighted by atomic mass is 35.5. The average molecular weight is 301 g/mol. The number of nitrogens with one attached hydrogen (secondary N) is 1. The molecule has 0 saturated heterocycles. The van der Waals surface area contributed by atoms with Gasteiger partial charge in [-0.1, -0.05) is 29.3 Å². The molecule has 1 aromatic rings. The Labute approximate surface area is 121 Å². The van der Waals surface area contributed by atoms with Gasteiger partial charge < -0.3 is 9.64 Å². The summed E-state index contributed by atoms with van der Waals surface area (Å²) in [6.07, 6.45) is 0.450. The van der Waals surface area contributed by atoms with Crippen molar-refractivity contribution in [2.24, 2.45) is 0 Å². The molecule has 6 heteroatoms. The minimum atomic E-state index is -0.339. The number of esters is 1. The van der Waals surface area contributed by atoms with E-state index >= 15 is 0 Å². The van der Waals surface area contributed by atoms with Crippen LogP contribution in [0, 0.1) is 5.41 Å². The van der Waals surface area contributed by atoms with Crippen molar-refractivity contribution in [1.82, 2.24) is 4.90 Å². The number of carbonyl (C=O) groups excluding carboxylic acids is 1. The normalized spacial score (nSPS) is 14.3. The first-order valence-electron chi connectivity index (χ1n) is 5.96. The van der Waals surface area contributed by atoms with Crippen molar-refractivity contribution in [2.45, 2.75) is 19.9 Å². The molecule has 1 aliphatic rings. The van der Waals surface area contributed by atoms with Gasteiger partial charge in [0.05, 0.1) is 16.7 Å². The summed E-state index contributed by atoms with van der Waals surface area (Å²) in [4.78, 5) is 13.2. The van der Waals surface area contributed by atoms with E-state index in [1.807, 2.05) is 6.07 Å². The highest BCUT2D eigenvalue weighted by molar-refractivity contribution is 6.42. The minimum absolute atomic E-state index is 0.0644. The van der Waals surface area contributed by atoms with Crippen LogP contribution in [0.2, 0.25) is 10.0 Å². The molecule has 0 unspecified atom stereocenters. The zero-order valence-corrected chi connectivity index (χ0v) is 12.0. The fourth-order valence-corrected chi connectivity index (χ4v) is 2.48. The van der Waals surface area contributed by atoms with Crippen molar-refractivity contribution >= 4 is 35.0 Å². The predicted molar refractivity (Wildman–Crippen MR) is 74.9 cm³/mol. The van der Waals surface area contributed by atoms with Crippen LogP contribution < -0.4 is 0 Å². The van der Waals surface area contributed by atoms with Gasteiger partial charge in [-0.3, -0.25) is 10.2 Å². The Morgan fingerprint density at radius 1 is 1.47 bits per heavy atom. The maximum Gasteiger partial charge on any atom is 0.325 e. The van der Waals surface area contributed by atoms with Crippen molar-refractivity contribution in [3.63, 3.8) is 0 Å². The van der Waals surface area contributed by atoms with Gasteiger partial charge in [0, 0.05) is 13.0 Å². The van der Waals surface area contributed by atoms with Crippen LogP contribution in [-0.2, 0) is 22.5 Å². The number of benzene rings is 1. The Hall–Kier alpha value is -1.26. The SMILES string of the molecule is CCOC(=O)CN1Cc2c(ccc(Cl)c2Cl)CC1=N. The second-order valence-corrected chi connectivity index (χ2v) is 5.07. The molecule has 0 spiro atoms. The number of ether oxygens (including phenoxy) is 1. The molecule has 1 heterocycles. The summed E-state index contributed by atoms with van der Waals surface area (Å²) < 4.78 is 4.90. The lowest BCUT2D eigenvalue weighted by Gasteiger charge is -2.31. The summed E-state index contributed by atoms with van der Waals surface area (Å²) in [5.74, 6) is 0.0489. The molecule has 0 amide bonds. The monoisotopic (exact) mass is 300 g/mol. The third kappa shape index (κ3) is 3.01. The van der Waals surface area contributed by atoms with Crippen molar-refractivity contribution in [3.05, 3.63) is 33.3 Å². The molecule has 0 radical (unpaired) electrons. The molecule has 0 bridgehead atoms. The first kappa shape index (κ1) is 14.2. The van der Waals surface area contributed by atoms with E-state index in [0.717, 1.165) is 11.1 Å². The standard InChI is InChI=1S/C13H14Cl2N2O2/c1-2-19-12(18)7-17-6-9-8(5-11(17)16)3-4-10(14)13(9)15/h3-4,16H,2,5-7H2,1H3. The highest BCUT2D eigenvalue weighted by Crippen LogP contribution is 2.32. The van der Waals surface area contributed by atoms with Crippen LogP contribution in [0.25, 0.3) is 0 Å². The summed E-state index contributed by atoms with van der Waals surface area (Å²) in [5, 5.41) is 8.96. The zero-order chi connectivity index (χ0) is 14.0. The lowest BCUT2D eigenvalue weighted by atomic mass is 9.99. The molecule has 0 atom stereocenters. The average Bonchev–Trinajstić information content (AvgIpc) is 2.36. The van der Waals surface area contributed by atoms with Crippen LogP contribution in [0.1, 0.15) is 18.1 Å². The zero-order valence-electron chi connectivity index (χ0n) is 10.5. The molecular formula is C13H14Cl2N2O2.